The van der Waals surface area contributed by atoms with Crippen LogP contribution in [0.15, 0.2) is 47.2 Å². The zero-order chi connectivity index (χ0) is 16.7. The third-order valence-corrected chi connectivity index (χ3v) is 4.94. The molecule has 1 amide bonds. The Kier molecular flexibility index (Phi) is 3.84. The van der Waals surface area contributed by atoms with Gasteiger partial charge >= 0.3 is 0 Å². The van der Waals surface area contributed by atoms with Gasteiger partial charge in [0.25, 0.3) is 0 Å². The van der Waals surface area contributed by atoms with Crippen LogP contribution in [0.25, 0.3) is 22.2 Å². The Bertz CT molecular complexity index is 916. The SMILES string of the molecule is O=C(Cn1cc(Br)c2ncc(-c3ccc(F)cc3)cc21)N1CCC1. The highest BCUT2D eigenvalue weighted by Gasteiger charge is 2.21. The van der Waals surface area contributed by atoms with Gasteiger partial charge in [0, 0.05) is 31.0 Å². The van der Waals surface area contributed by atoms with Crippen molar-refractivity contribution >= 4 is 32.9 Å². The quantitative estimate of drug-likeness (QED) is 0.684. The molecule has 0 unspecified atom stereocenters. The maximum atomic E-state index is 13.1. The van der Waals surface area contributed by atoms with E-state index in [9.17, 15) is 9.18 Å². The standard InChI is InChI=1S/C18H15BrFN3O/c19-15-10-23(11-17(24)22-6-1-7-22)16-8-13(9-21-18(15)16)12-2-4-14(20)5-3-12/h2-5,8-10H,1,6-7,11H2. The van der Waals surface area contributed by atoms with Crippen LogP contribution < -0.4 is 0 Å². The summed E-state index contributed by atoms with van der Waals surface area (Å²) in [6.45, 7) is 1.99. The van der Waals surface area contributed by atoms with Gasteiger partial charge in [-0.15, -0.1) is 0 Å². The minimum atomic E-state index is -0.265. The van der Waals surface area contributed by atoms with E-state index < -0.39 is 0 Å². The maximum absolute atomic E-state index is 13.1. The first-order valence-electron chi connectivity index (χ1n) is 7.80. The molecule has 122 valence electrons. The molecule has 1 saturated heterocycles. The van der Waals surface area contributed by atoms with Crippen molar-refractivity contribution in [3.05, 3.63) is 53.0 Å². The molecule has 0 radical (unpaired) electrons. The van der Waals surface area contributed by atoms with Gasteiger partial charge in [-0.25, -0.2) is 4.39 Å². The van der Waals surface area contributed by atoms with Crippen molar-refractivity contribution in [1.82, 2.24) is 14.5 Å². The summed E-state index contributed by atoms with van der Waals surface area (Å²) < 4.78 is 15.9. The lowest BCUT2D eigenvalue weighted by Gasteiger charge is -2.31. The van der Waals surface area contributed by atoms with Crippen LogP contribution in [0.3, 0.4) is 0 Å². The van der Waals surface area contributed by atoms with Crippen molar-refractivity contribution in [3.8, 4) is 11.1 Å². The molecule has 0 N–H and O–H groups in total. The second kappa shape index (κ2) is 6.02. The summed E-state index contributed by atoms with van der Waals surface area (Å²) >= 11 is 3.51. The molecule has 1 fully saturated rings. The molecule has 1 aromatic carbocycles. The van der Waals surface area contributed by atoms with Crippen LogP contribution in [0, 0.1) is 5.82 Å². The van der Waals surface area contributed by atoms with Crippen molar-refractivity contribution in [2.75, 3.05) is 13.1 Å². The van der Waals surface area contributed by atoms with Gasteiger partial charge in [-0.3, -0.25) is 9.78 Å². The Morgan fingerprint density at radius 3 is 2.62 bits per heavy atom. The molecule has 0 aliphatic carbocycles. The summed E-state index contributed by atoms with van der Waals surface area (Å²) in [5, 5.41) is 0. The van der Waals surface area contributed by atoms with Crippen LogP contribution >= 0.6 is 15.9 Å². The van der Waals surface area contributed by atoms with E-state index in [1.54, 1.807) is 18.3 Å². The minimum absolute atomic E-state index is 0.123. The number of aromatic nitrogens is 2. The summed E-state index contributed by atoms with van der Waals surface area (Å²) in [5.41, 5.74) is 3.49. The van der Waals surface area contributed by atoms with E-state index in [-0.39, 0.29) is 11.7 Å². The summed E-state index contributed by atoms with van der Waals surface area (Å²) in [5.74, 6) is -0.142. The number of halogens is 2. The van der Waals surface area contributed by atoms with Gasteiger partial charge in [0.15, 0.2) is 0 Å². The summed E-state index contributed by atoms with van der Waals surface area (Å²) in [6.07, 6.45) is 4.74. The molecule has 0 spiro atoms. The molecule has 1 aliphatic rings. The fourth-order valence-electron chi connectivity index (χ4n) is 2.87. The van der Waals surface area contributed by atoms with Crippen LogP contribution in [0.5, 0.6) is 0 Å². The number of likely N-dealkylation sites (tertiary alicyclic amines) is 1. The number of pyridine rings is 1. The van der Waals surface area contributed by atoms with Gasteiger partial charge in [0.1, 0.15) is 17.9 Å². The van der Waals surface area contributed by atoms with Gasteiger partial charge in [-0.1, -0.05) is 12.1 Å². The molecule has 2 aromatic heterocycles. The summed E-state index contributed by atoms with van der Waals surface area (Å²) in [6, 6.07) is 8.31. The minimum Gasteiger partial charge on any atom is -0.341 e. The third-order valence-electron chi connectivity index (χ3n) is 4.36. The molecule has 4 nitrogen and oxygen atoms in total. The Labute approximate surface area is 147 Å². The predicted molar refractivity (Wildman–Crippen MR) is 94.0 cm³/mol. The van der Waals surface area contributed by atoms with Crippen LogP contribution in [0.4, 0.5) is 4.39 Å². The average Bonchev–Trinajstić information content (AvgIpc) is 2.82. The first-order valence-corrected chi connectivity index (χ1v) is 8.59. The molecule has 0 bridgehead atoms. The molecule has 24 heavy (non-hydrogen) atoms. The molecule has 3 aromatic rings. The molecule has 0 atom stereocenters. The van der Waals surface area contributed by atoms with E-state index in [1.807, 2.05) is 21.7 Å². The van der Waals surface area contributed by atoms with Crippen LogP contribution in [-0.4, -0.2) is 33.4 Å². The lowest BCUT2D eigenvalue weighted by Crippen LogP contribution is -2.43. The van der Waals surface area contributed by atoms with Crippen LogP contribution in [-0.2, 0) is 11.3 Å². The Morgan fingerprint density at radius 2 is 1.96 bits per heavy atom. The number of hydrogen-bond donors (Lipinski definition) is 0. The van der Waals surface area contributed by atoms with Crippen molar-refractivity contribution in [2.24, 2.45) is 0 Å². The smallest absolute Gasteiger partial charge is 0.242 e. The Balaban J connectivity index is 1.72. The fraction of sp³-hybridized carbons (Fsp3) is 0.222. The molecule has 4 rings (SSSR count). The van der Waals surface area contributed by atoms with Gasteiger partial charge in [0.05, 0.1) is 9.99 Å². The molecular formula is C18H15BrFN3O. The van der Waals surface area contributed by atoms with Crippen molar-refractivity contribution in [2.45, 2.75) is 13.0 Å². The van der Waals surface area contributed by atoms with Crippen LogP contribution in [0.2, 0.25) is 0 Å². The van der Waals surface area contributed by atoms with Crippen molar-refractivity contribution < 1.29 is 9.18 Å². The highest BCUT2D eigenvalue weighted by atomic mass is 79.9. The Hall–Kier alpha value is -2.21. The van der Waals surface area contributed by atoms with Crippen LogP contribution in [0.1, 0.15) is 6.42 Å². The molecule has 3 heterocycles. The molecule has 1 aliphatic heterocycles. The van der Waals surface area contributed by atoms with Gasteiger partial charge in [-0.05, 0) is 46.1 Å². The van der Waals surface area contributed by atoms with Crippen molar-refractivity contribution in [3.63, 3.8) is 0 Å². The van der Waals surface area contributed by atoms with Gasteiger partial charge in [0.2, 0.25) is 5.91 Å². The highest BCUT2D eigenvalue weighted by Crippen LogP contribution is 2.29. The number of carbonyl (C=O) groups excluding carboxylic acids is 1. The van der Waals surface area contributed by atoms with Gasteiger partial charge < -0.3 is 9.47 Å². The average molecular weight is 388 g/mol. The van der Waals surface area contributed by atoms with E-state index in [0.29, 0.717) is 6.54 Å². The predicted octanol–water partition coefficient (Wildman–Crippen LogP) is 3.84. The summed E-state index contributed by atoms with van der Waals surface area (Å²) in [4.78, 5) is 18.6. The second-order valence-corrected chi connectivity index (χ2v) is 6.79. The maximum Gasteiger partial charge on any atom is 0.242 e. The number of rotatable bonds is 3. The number of fused-ring (bicyclic) bond motifs is 1. The number of carbonyl (C=O) groups is 1. The second-order valence-electron chi connectivity index (χ2n) is 5.94. The zero-order valence-electron chi connectivity index (χ0n) is 12.9. The normalized spacial score (nSPS) is 14.0. The first kappa shape index (κ1) is 15.3. The monoisotopic (exact) mass is 387 g/mol. The van der Waals surface area contributed by atoms with Gasteiger partial charge in [-0.2, -0.15) is 0 Å². The highest BCUT2D eigenvalue weighted by molar-refractivity contribution is 9.10. The van der Waals surface area contributed by atoms with E-state index >= 15 is 0 Å². The number of hydrogen-bond acceptors (Lipinski definition) is 2. The molecule has 6 heteroatoms. The Morgan fingerprint density at radius 1 is 1.21 bits per heavy atom. The largest absolute Gasteiger partial charge is 0.341 e. The number of amides is 1. The van der Waals surface area contributed by atoms with E-state index in [4.69, 9.17) is 0 Å². The van der Waals surface area contributed by atoms with E-state index in [1.165, 1.54) is 12.1 Å². The van der Waals surface area contributed by atoms with E-state index in [2.05, 4.69) is 20.9 Å². The molecule has 0 saturated carbocycles. The lowest BCUT2D eigenvalue weighted by molar-refractivity contribution is -0.135. The fourth-order valence-corrected chi connectivity index (χ4v) is 3.42. The summed E-state index contributed by atoms with van der Waals surface area (Å²) in [7, 11) is 0. The lowest BCUT2D eigenvalue weighted by atomic mass is 10.1. The zero-order valence-corrected chi connectivity index (χ0v) is 14.5. The number of benzene rings is 1. The number of nitrogens with zero attached hydrogens (tertiary/aromatic N) is 3. The first-order chi connectivity index (χ1) is 11.6. The van der Waals surface area contributed by atoms with Crippen molar-refractivity contribution in [1.29, 1.82) is 0 Å². The topological polar surface area (TPSA) is 38.1 Å². The third kappa shape index (κ3) is 2.71. The molecular weight excluding hydrogens is 373 g/mol. The van der Waals surface area contributed by atoms with E-state index in [0.717, 1.165) is 46.1 Å².